The third kappa shape index (κ3) is 5.70. The van der Waals surface area contributed by atoms with Crippen molar-refractivity contribution in [2.75, 3.05) is 45.8 Å². The van der Waals surface area contributed by atoms with Gasteiger partial charge in [0.2, 0.25) is 23.6 Å². The van der Waals surface area contributed by atoms with Crippen LogP contribution in [-0.2, 0) is 16.0 Å². The molecule has 0 unspecified atom stereocenters. The molecule has 166 valence electrons. The summed E-state index contributed by atoms with van der Waals surface area (Å²) in [7, 11) is 0. The Morgan fingerprint density at radius 2 is 1.55 bits per heavy atom. The first-order chi connectivity index (χ1) is 15.1. The minimum Gasteiger partial charge on any atom is -0.421 e. The second-order valence-corrected chi connectivity index (χ2v) is 8.47. The molecule has 1 aromatic heterocycles. The van der Waals surface area contributed by atoms with Gasteiger partial charge in [0.15, 0.2) is 0 Å². The first-order valence-electron chi connectivity index (χ1n) is 11.3. The van der Waals surface area contributed by atoms with Crippen LogP contribution in [0.2, 0.25) is 0 Å². The van der Waals surface area contributed by atoms with Gasteiger partial charge in [-0.05, 0) is 38.3 Å². The smallest absolute Gasteiger partial charge is 0.247 e. The Hall–Kier alpha value is -2.74. The molecule has 0 radical (unpaired) electrons. The molecule has 0 aliphatic carbocycles. The van der Waals surface area contributed by atoms with E-state index in [0.717, 1.165) is 44.6 Å². The number of benzene rings is 1. The van der Waals surface area contributed by atoms with Crippen molar-refractivity contribution in [3.8, 4) is 11.5 Å². The number of rotatable bonds is 6. The van der Waals surface area contributed by atoms with Gasteiger partial charge in [-0.15, -0.1) is 10.2 Å². The highest BCUT2D eigenvalue weighted by Crippen LogP contribution is 2.19. The average molecular weight is 426 g/mol. The molecule has 0 bridgehead atoms. The topological polar surface area (TPSA) is 82.8 Å². The van der Waals surface area contributed by atoms with Crippen molar-refractivity contribution < 1.29 is 14.0 Å². The summed E-state index contributed by atoms with van der Waals surface area (Å²) in [6, 6.07) is 7.91. The number of aryl methyl sites for hydroxylation is 2. The fourth-order valence-corrected chi connectivity index (χ4v) is 4.13. The quantitative estimate of drug-likeness (QED) is 0.705. The monoisotopic (exact) mass is 425 g/mol. The molecule has 8 nitrogen and oxygen atoms in total. The van der Waals surface area contributed by atoms with E-state index in [1.54, 1.807) is 0 Å². The fraction of sp³-hybridized carbons (Fsp3) is 0.565. The summed E-state index contributed by atoms with van der Waals surface area (Å²) in [5.74, 6) is 1.28. The summed E-state index contributed by atoms with van der Waals surface area (Å²) in [5, 5.41) is 8.18. The Labute approximate surface area is 183 Å². The predicted molar refractivity (Wildman–Crippen MR) is 116 cm³/mol. The zero-order valence-corrected chi connectivity index (χ0v) is 18.3. The van der Waals surface area contributed by atoms with Crippen molar-refractivity contribution in [3.05, 3.63) is 35.7 Å². The van der Waals surface area contributed by atoms with Crippen LogP contribution in [0.3, 0.4) is 0 Å². The maximum atomic E-state index is 12.6. The van der Waals surface area contributed by atoms with E-state index in [4.69, 9.17) is 4.42 Å². The summed E-state index contributed by atoms with van der Waals surface area (Å²) in [6.45, 7) is 7.06. The van der Waals surface area contributed by atoms with Gasteiger partial charge in [0.05, 0.1) is 6.54 Å². The summed E-state index contributed by atoms with van der Waals surface area (Å²) in [5.41, 5.74) is 2.05. The SMILES string of the molecule is Cc1ccc(-c2nnc(CCC(=O)N3CCN(CC(=O)N4CCCCC4)CC3)o2)cc1. The number of hydrogen-bond acceptors (Lipinski definition) is 6. The predicted octanol–water partition coefficient (Wildman–Crippen LogP) is 2.13. The van der Waals surface area contributed by atoms with Crippen LogP contribution in [0.25, 0.3) is 11.5 Å². The van der Waals surface area contributed by atoms with E-state index in [-0.39, 0.29) is 11.8 Å². The van der Waals surface area contributed by atoms with Gasteiger partial charge in [0, 0.05) is 57.7 Å². The maximum absolute atomic E-state index is 12.6. The molecule has 3 heterocycles. The van der Waals surface area contributed by atoms with Crippen LogP contribution in [0.15, 0.2) is 28.7 Å². The van der Waals surface area contributed by atoms with Gasteiger partial charge < -0.3 is 14.2 Å². The molecule has 0 atom stereocenters. The van der Waals surface area contributed by atoms with Gasteiger partial charge in [0.1, 0.15) is 0 Å². The molecule has 0 spiro atoms. The van der Waals surface area contributed by atoms with E-state index in [0.29, 0.717) is 44.3 Å². The number of amides is 2. The molecule has 1 aromatic carbocycles. The largest absolute Gasteiger partial charge is 0.421 e. The third-order valence-electron chi connectivity index (χ3n) is 6.11. The Kier molecular flexibility index (Phi) is 6.96. The minimum atomic E-state index is 0.0945. The van der Waals surface area contributed by atoms with E-state index in [9.17, 15) is 9.59 Å². The Morgan fingerprint density at radius 1 is 0.871 bits per heavy atom. The Balaban J connectivity index is 1.20. The van der Waals surface area contributed by atoms with Gasteiger partial charge in [-0.25, -0.2) is 0 Å². The maximum Gasteiger partial charge on any atom is 0.247 e. The number of likely N-dealkylation sites (tertiary alicyclic amines) is 1. The van der Waals surface area contributed by atoms with Crippen molar-refractivity contribution in [1.29, 1.82) is 0 Å². The second-order valence-electron chi connectivity index (χ2n) is 8.47. The summed E-state index contributed by atoms with van der Waals surface area (Å²) in [4.78, 5) is 31.1. The zero-order valence-electron chi connectivity index (χ0n) is 18.3. The van der Waals surface area contributed by atoms with E-state index in [1.807, 2.05) is 41.0 Å². The molecule has 0 saturated carbocycles. The van der Waals surface area contributed by atoms with Crippen LogP contribution in [0, 0.1) is 6.92 Å². The molecular formula is C23H31N5O3. The van der Waals surface area contributed by atoms with Gasteiger partial charge in [-0.2, -0.15) is 0 Å². The van der Waals surface area contributed by atoms with Crippen LogP contribution in [0.1, 0.15) is 37.1 Å². The highest BCUT2D eigenvalue weighted by Gasteiger charge is 2.25. The summed E-state index contributed by atoms with van der Waals surface area (Å²) >= 11 is 0. The number of carbonyl (C=O) groups excluding carboxylic acids is 2. The molecule has 2 aliphatic heterocycles. The minimum absolute atomic E-state index is 0.0945. The van der Waals surface area contributed by atoms with Crippen molar-refractivity contribution in [2.24, 2.45) is 0 Å². The number of nitrogens with zero attached hydrogens (tertiary/aromatic N) is 5. The first-order valence-corrected chi connectivity index (χ1v) is 11.3. The summed E-state index contributed by atoms with van der Waals surface area (Å²) < 4.78 is 5.72. The lowest BCUT2D eigenvalue weighted by Crippen LogP contribution is -2.52. The highest BCUT2D eigenvalue weighted by molar-refractivity contribution is 5.78. The molecule has 0 N–H and O–H groups in total. The molecule has 31 heavy (non-hydrogen) atoms. The number of piperazine rings is 1. The molecule has 4 rings (SSSR count). The lowest BCUT2D eigenvalue weighted by atomic mass is 10.1. The van der Waals surface area contributed by atoms with E-state index in [2.05, 4.69) is 15.1 Å². The van der Waals surface area contributed by atoms with Crippen LogP contribution in [-0.4, -0.2) is 82.5 Å². The standard InChI is InChI=1S/C23H31N5O3/c1-18-5-7-19(8-6-18)23-25-24-20(31-23)9-10-21(29)28-15-13-26(14-16-28)17-22(30)27-11-3-2-4-12-27/h5-8H,2-4,9-17H2,1H3. The number of aromatic nitrogens is 2. The first kappa shape index (κ1) is 21.5. The van der Waals surface area contributed by atoms with E-state index < -0.39 is 0 Å². The number of carbonyl (C=O) groups is 2. The van der Waals surface area contributed by atoms with Crippen LogP contribution in [0.5, 0.6) is 0 Å². The van der Waals surface area contributed by atoms with E-state index >= 15 is 0 Å². The lowest BCUT2D eigenvalue weighted by molar-refractivity contribution is -0.135. The Morgan fingerprint density at radius 3 is 2.26 bits per heavy atom. The third-order valence-corrected chi connectivity index (χ3v) is 6.11. The van der Waals surface area contributed by atoms with Crippen molar-refractivity contribution in [2.45, 2.75) is 39.0 Å². The average Bonchev–Trinajstić information content (AvgIpc) is 3.28. The molecule has 2 fully saturated rings. The van der Waals surface area contributed by atoms with Gasteiger partial charge >= 0.3 is 0 Å². The molecule has 2 saturated heterocycles. The van der Waals surface area contributed by atoms with Crippen LogP contribution in [0.4, 0.5) is 0 Å². The molecule has 2 aromatic rings. The molecule has 8 heteroatoms. The fourth-order valence-electron chi connectivity index (χ4n) is 4.13. The van der Waals surface area contributed by atoms with Crippen molar-refractivity contribution in [3.63, 3.8) is 0 Å². The van der Waals surface area contributed by atoms with Crippen molar-refractivity contribution >= 4 is 11.8 Å². The van der Waals surface area contributed by atoms with Gasteiger partial charge in [-0.3, -0.25) is 14.5 Å². The summed E-state index contributed by atoms with van der Waals surface area (Å²) in [6.07, 6.45) is 4.23. The van der Waals surface area contributed by atoms with Gasteiger partial charge in [0.25, 0.3) is 0 Å². The number of hydrogen-bond donors (Lipinski definition) is 0. The lowest BCUT2D eigenvalue weighted by Gasteiger charge is -2.36. The highest BCUT2D eigenvalue weighted by atomic mass is 16.4. The van der Waals surface area contributed by atoms with Crippen molar-refractivity contribution in [1.82, 2.24) is 24.9 Å². The molecular weight excluding hydrogens is 394 g/mol. The number of piperidine rings is 1. The second kappa shape index (κ2) is 10.0. The zero-order chi connectivity index (χ0) is 21.6. The Bertz CT molecular complexity index is 881. The molecule has 2 amide bonds. The molecule has 2 aliphatic rings. The van der Waals surface area contributed by atoms with E-state index in [1.165, 1.54) is 12.0 Å². The van der Waals surface area contributed by atoms with Gasteiger partial charge in [-0.1, -0.05) is 17.7 Å². The normalized spacial score (nSPS) is 17.7. The van der Waals surface area contributed by atoms with Crippen LogP contribution >= 0.6 is 0 Å². The van der Waals surface area contributed by atoms with Crippen LogP contribution < -0.4 is 0 Å².